The van der Waals surface area contributed by atoms with Gasteiger partial charge in [0.2, 0.25) is 0 Å². The van der Waals surface area contributed by atoms with E-state index in [2.05, 4.69) is 4.98 Å². The topological polar surface area (TPSA) is 77.9 Å². The zero-order valence-electron chi connectivity index (χ0n) is 19.4. The van der Waals surface area contributed by atoms with Crippen molar-refractivity contribution in [3.63, 3.8) is 0 Å². The van der Waals surface area contributed by atoms with Crippen LogP contribution in [0, 0.1) is 5.41 Å². The molecule has 32 heavy (non-hydrogen) atoms. The molecule has 3 atom stereocenters. The normalized spacial score (nSPS) is 19.3. The van der Waals surface area contributed by atoms with Gasteiger partial charge in [-0.1, -0.05) is 30.4 Å². The number of nitrogens with zero attached hydrogens (tertiary/aromatic N) is 1. The van der Waals surface area contributed by atoms with Gasteiger partial charge in [0, 0.05) is 25.2 Å². The van der Waals surface area contributed by atoms with Crippen molar-refractivity contribution in [3.8, 4) is 0 Å². The average Bonchev–Trinajstić information content (AvgIpc) is 3.32. The third-order valence-electron chi connectivity index (χ3n) is 6.07. The predicted octanol–water partition coefficient (Wildman–Crippen LogP) is 4.85. The number of esters is 1. The maximum absolute atomic E-state index is 12.5. The van der Waals surface area contributed by atoms with Crippen LogP contribution >= 0.6 is 0 Å². The van der Waals surface area contributed by atoms with E-state index >= 15 is 0 Å². The largest absolute Gasteiger partial charge is 0.468 e. The van der Waals surface area contributed by atoms with Crippen LogP contribution in [-0.4, -0.2) is 49.1 Å². The molecule has 0 amide bonds. The molecular formula is C26H35NO5. The van der Waals surface area contributed by atoms with Crippen molar-refractivity contribution in [2.24, 2.45) is 5.41 Å². The summed E-state index contributed by atoms with van der Waals surface area (Å²) in [6, 6.07) is 9.71. The smallest absolute Gasteiger partial charge is 0.315 e. The Morgan fingerprint density at radius 2 is 2.16 bits per heavy atom. The number of carbonyl (C=O) groups excluding carboxylic acids is 1. The van der Waals surface area contributed by atoms with Gasteiger partial charge in [-0.3, -0.25) is 9.78 Å². The molecular weight excluding hydrogens is 406 g/mol. The molecule has 1 aliphatic heterocycles. The van der Waals surface area contributed by atoms with Gasteiger partial charge in [0.15, 0.2) is 0 Å². The summed E-state index contributed by atoms with van der Waals surface area (Å²) in [7, 11) is 1.41. The van der Waals surface area contributed by atoms with Crippen molar-refractivity contribution in [2.45, 2.75) is 58.2 Å². The molecule has 2 unspecified atom stereocenters. The highest BCUT2D eigenvalue weighted by molar-refractivity contribution is 5.83. The first-order valence-corrected chi connectivity index (χ1v) is 11.5. The lowest BCUT2D eigenvalue weighted by molar-refractivity contribution is -0.149. The zero-order chi connectivity index (χ0) is 23.0. The summed E-state index contributed by atoms with van der Waals surface area (Å²) < 4.78 is 16.5. The highest BCUT2D eigenvalue weighted by atomic mass is 16.5. The molecule has 0 radical (unpaired) electrons. The molecule has 1 saturated heterocycles. The summed E-state index contributed by atoms with van der Waals surface area (Å²) in [6.07, 6.45) is 8.41. The van der Waals surface area contributed by atoms with E-state index < -0.39 is 11.5 Å². The molecule has 1 aromatic heterocycles. The van der Waals surface area contributed by atoms with Crippen LogP contribution < -0.4 is 0 Å². The van der Waals surface area contributed by atoms with Gasteiger partial charge in [-0.2, -0.15) is 0 Å². The molecule has 3 rings (SSSR count). The summed E-state index contributed by atoms with van der Waals surface area (Å²) in [4.78, 5) is 17.0. The summed E-state index contributed by atoms with van der Waals surface area (Å²) >= 11 is 0. The fraction of sp³-hybridized carbons (Fsp3) is 0.538. The highest BCUT2D eigenvalue weighted by Gasteiger charge is 2.31. The van der Waals surface area contributed by atoms with E-state index in [1.807, 2.05) is 49.4 Å². The lowest BCUT2D eigenvalue weighted by Gasteiger charge is -2.23. The van der Waals surface area contributed by atoms with Gasteiger partial charge in [0.1, 0.15) is 0 Å². The van der Waals surface area contributed by atoms with Crippen molar-refractivity contribution in [3.05, 3.63) is 47.7 Å². The molecule has 6 nitrogen and oxygen atoms in total. The van der Waals surface area contributed by atoms with E-state index in [9.17, 15) is 9.90 Å². The molecule has 1 aliphatic rings. The van der Waals surface area contributed by atoms with Crippen molar-refractivity contribution in [2.75, 3.05) is 26.9 Å². The Kier molecular flexibility index (Phi) is 8.79. The highest BCUT2D eigenvalue weighted by Crippen LogP contribution is 2.27. The maximum atomic E-state index is 12.5. The maximum Gasteiger partial charge on any atom is 0.315 e. The van der Waals surface area contributed by atoms with Gasteiger partial charge >= 0.3 is 5.97 Å². The molecule has 174 valence electrons. The van der Waals surface area contributed by atoms with E-state index in [1.165, 1.54) is 7.11 Å². The minimum Gasteiger partial charge on any atom is -0.468 e. The molecule has 0 saturated carbocycles. The lowest BCUT2D eigenvalue weighted by Crippen LogP contribution is -2.28. The number of rotatable bonds is 11. The number of methoxy groups -OCH3 is 1. The number of aromatic nitrogens is 1. The van der Waals surface area contributed by atoms with Crippen molar-refractivity contribution in [1.29, 1.82) is 0 Å². The fourth-order valence-corrected chi connectivity index (χ4v) is 3.92. The molecule has 0 aliphatic carbocycles. The Balaban J connectivity index is 1.60. The van der Waals surface area contributed by atoms with Crippen LogP contribution in [0.25, 0.3) is 17.0 Å². The van der Waals surface area contributed by atoms with E-state index in [4.69, 9.17) is 14.2 Å². The SMILES string of the molecule is COC(=O)C(C)(/C=C/c1ccc2ccc([C@@H](C)O)nc2c1)CCOCCCC1CCCO1. The molecule has 2 aromatic rings. The van der Waals surface area contributed by atoms with Crippen LogP contribution in [0.5, 0.6) is 0 Å². The second kappa shape index (κ2) is 11.5. The molecule has 1 N–H and O–H groups in total. The number of hydrogen-bond donors (Lipinski definition) is 1. The van der Waals surface area contributed by atoms with Crippen molar-refractivity contribution >= 4 is 22.9 Å². The van der Waals surface area contributed by atoms with Gasteiger partial charge in [-0.05, 0) is 63.6 Å². The molecule has 6 heteroatoms. The second-order valence-corrected chi connectivity index (χ2v) is 8.75. The fourth-order valence-electron chi connectivity index (χ4n) is 3.92. The Labute approximate surface area is 190 Å². The Hall–Kier alpha value is -2.28. The van der Waals surface area contributed by atoms with E-state index in [1.54, 1.807) is 6.92 Å². The van der Waals surface area contributed by atoms with Crippen LogP contribution in [0.1, 0.15) is 63.3 Å². The first kappa shape index (κ1) is 24.4. The van der Waals surface area contributed by atoms with Crippen LogP contribution in [-0.2, 0) is 19.0 Å². The van der Waals surface area contributed by atoms with Crippen LogP contribution in [0.4, 0.5) is 0 Å². The molecule has 2 heterocycles. The van der Waals surface area contributed by atoms with Crippen LogP contribution in [0.15, 0.2) is 36.4 Å². The summed E-state index contributed by atoms with van der Waals surface area (Å²) in [5.41, 5.74) is 1.59. The predicted molar refractivity (Wildman–Crippen MR) is 125 cm³/mol. The molecule has 0 spiro atoms. The van der Waals surface area contributed by atoms with E-state index in [0.29, 0.717) is 31.4 Å². The van der Waals surface area contributed by atoms with Crippen LogP contribution in [0.2, 0.25) is 0 Å². The summed E-state index contributed by atoms with van der Waals surface area (Å²) in [5.74, 6) is -0.285. The molecule has 1 fully saturated rings. The molecule has 1 aromatic carbocycles. The number of benzene rings is 1. The van der Waals surface area contributed by atoms with Crippen molar-refractivity contribution in [1.82, 2.24) is 4.98 Å². The third kappa shape index (κ3) is 6.61. The summed E-state index contributed by atoms with van der Waals surface area (Å²) in [6.45, 7) is 5.60. The Morgan fingerprint density at radius 1 is 1.34 bits per heavy atom. The number of aliphatic hydroxyl groups is 1. The first-order chi connectivity index (χ1) is 15.4. The quantitative estimate of drug-likeness (QED) is 0.397. The standard InChI is InChI=1S/C26H35NO5/c1-19(28)23-11-10-21-9-8-20(18-24(21)27-23)12-13-26(2,25(29)30-3)14-17-31-15-4-6-22-7-5-16-32-22/h8-13,18-19,22,28H,4-7,14-17H2,1-3H3/b13-12+/t19-,22?,26?/m1/s1. The van der Waals surface area contributed by atoms with Gasteiger partial charge < -0.3 is 19.3 Å². The van der Waals surface area contributed by atoms with E-state index in [-0.39, 0.29) is 5.97 Å². The summed E-state index contributed by atoms with van der Waals surface area (Å²) in [5, 5.41) is 10.8. The first-order valence-electron chi connectivity index (χ1n) is 11.5. The van der Waals surface area contributed by atoms with Gasteiger partial charge in [0.25, 0.3) is 0 Å². The molecule has 0 bridgehead atoms. The number of pyridine rings is 1. The van der Waals surface area contributed by atoms with Gasteiger partial charge in [-0.15, -0.1) is 0 Å². The average molecular weight is 442 g/mol. The van der Waals surface area contributed by atoms with Gasteiger partial charge in [-0.25, -0.2) is 0 Å². The second-order valence-electron chi connectivity index (χ2n) is 8.75. The van der Waals surface area contributed by atoms with Crippen molar-refractivity contribution < 1.29 is 24.1 Å². The number of fused-ring (bicyclic) bond motifs is 1. The minimum atomic E-state index is -0.785. The number of hydrogen-bond acceptors (Lipinski definition) is 6. The number of carbonyl (C=O) groups is 1. The number of aliphatic hydroxyl groups excluding tert-OH is 1. The third-order valence-corrected chi connectivity index (χ3v) is 6.07. The Morgan fingerprint density at radius 3 is 2.88 bits per heavy atom. The van der Waals surface area contributed by atoms with Crippen LogP contribution in [0.3, 0.4) is 0 Å². The monoisotopic (exact) mass is 441 g/mol. The van der Waals surface area contributed by atoms with Gasteiger partial charge in [0.05, 0.1) is 35.9 Å². The minimum absolute atomic E-state index is 0.285. The zero-order valence-corrected chi connectivity index (χ0v) is 19.4. The number of ether oxygens (including phenoxy) is 3. The van der Waals surface area contributed by atoms with E-state index in [0.717, 1.165) is 48.8 Å². The lowest BCUT2D eigenvalue weighted by atomic mass is 9.86. The Bertz CT molecular complexity index is 920.